The van der Waals surface area contributed by atoms with Crippen molar-refractivity contribution < 1.29 is 8.42 Å². The first-order valence-electron chi connectivity index (χ1n) is 4.53. The van der Waals surface area contributed by atoms with Gasteiger partial charge in [-0.15, -0.1) is 0 Å². The van der Waals surface area contributed by atoms with Crippen LogP contribution in [0.15, 0.2) is 0 Å². The minimum Gasteiger partial charge on any atom is -0.214 e. The Hall–Kier alpha value is 0.640. The maximum atomic E-state index is 11.4. The first kappa shape index (κ1) is 11.7. The Kier molecular flexibility index (Phi) is 3.62. The van der Waals surface area contributed by atoms with Gasteiger partial charge >= 0.3 is 0 Å². The Balaban J connectivity index is 2.42. The van der Waals surface area contributed by atoms with Crippen LogP contribution in [-0.2, 0) is 10.0 Å². The SMILES string of the molecule is CC(C)S(=O)(=O)NCC1(I)CCC1. The van der Waals surface area contributed by atoms with Crippen LogP contribution in [0.2, 0.25) is 0 Å². The van der Waals surface area contributed by atoms with E-state index in [9.17, 15) is 8.42 Å². The zero-order chi connectivity index (χ0) is 10.1. The summed E-state index contributed by atoms with van der Waals surface area (Å²) in [4.78, 5) is 0. The average molecular weight is 317 g/mol. The third kappa shape index (κ3) is 3.06. The first-order valence-corrected chi connectivity index (χ1v) is 7.16. The predicted molar refractivity (Wildman–Crippen MR) is 62.7 cm³/mol. The number of hydrogen-bond donors (Lipinski definition) is 1. The van der Waals surface area contributed by atoms with Crippen molar-refractivity contribution >= 4 is 32.6 Å². The second kappa shape index (κ2) is 4.02. The second-order valence-electron chi connectivity index (χ2n) is 3.92. The number of sulfonamides is 1. The summed E-state index contributed by atoms with van der Waals surface area (Å²) < 4.78 is 25.7. The van der Waals surface area contributed by atoms with Gasteiger partial charge in [0.25, 0.3) is 0 Å². The number of nitrogens with one attached hydrogen (secondary N) is 1. The Bertz CT molecular complexity index is 270. The lowest BCUT2D eigenvalue weighted by atomic mass is 9.86. The molecule has 78 valence electrons. The molecule has 0 amide bonds. The van der Waals surface area contributed by atoms with E-state index in [-0.39, 0.29) is 8.67 Å². The van der Waals surface area contributed by atoms with E-state index in [1.165, 1.54) is 6.42 Å². The summed E-state index contributed by atoms with van der Waals surface area (Å²) in [6.07, 6.45) is 3.49. The third-order valence-electron chi connectivity index (χ3n) is 2.46. The minimum absolute atomic E-state index is 0.194. The molecule has 0 aromatic rings. The zero-order valence-electron chi connectivity index (χ0n) is 8.01. The number of hydrogen-bond acceptors (Lipinski definition) is 2. The Morgan fingerprint density at radius 2 is 2.00 bits per heavy atom. The lowest BCUT2D eigenvalue weighted by Crippen LogP contribution is -2.44. The summed E-state index contributed by atoms with van der Waals surface area (Å²) in [6, 6.07) is 0. The largest absolute Gasteiger partial charge is 0.214 e. The molecule has 1 fully saturated rings. The topological polar surface area (TPSA) is 46.2 Å². The van der Waals surface area contributed by atoms with Gasteiger partial charge in [0.1, 0.15) is 0 Å². The van der Waals surface area contributed by atoms with E-state index >= 15 is 0 Å². The van der Waals surface area contributed by atoms with Gasteiger partial charge in [-0.25, -0.2) is 13.1 Å². The van der Waals surface area contributed by atoms with Crippen molar-refractivity contribution in [1.29, 1.82) is 0 Å². The normalized spacial score (nSPS) is 21.5. The Morgan fingerprint density at radius 3 is 2.31 bits per heavy atom. The number of rotatable bonds is 4. The minimum atomic E-state index is -3.06. The van der Waals surface area contributed by atoms with Crippen LogP contribution in [0.25, 0.3) is 0 Å². The van der Waals surface area contributed by atoms with E-state index in [1.54, 1.807) is 13.8 Å². The van der Waals surface area contributed by atoms with E-state index in [1.807, 2.05) is 0 Å². The van der Waals surface area contributed by atoms with Crippen LogP contribution >= 0.6 is 22.6 Å². The van der Waals surface area contributed by atoms with Crippen molar-refractivity contribution in [2.75, 3.05) is 6.54 Å². The molecule has 5 heteroatoms. The summed E-state index contributed by atoms with van der Waals surface area (Å²) in [5, 5.41) is -0.326. The van der Waals surface area contributed by atoms with Crippen molar-refractivity contribution in [3.8, 4) is 0 Å². The fraction of sp³-hybridized carbons (Fsp3) is 1.00. The lowest BCUT2D eigenvalue weighted by Gasteiger charge is -2.36. The molecule has 0 saturated heterocycles. The summed E-state index contributed by atoms with van der Waals surface area (Å²) >= 11 is 2.36. The van der Waals surface area contributed by atoms with Crippen LogP contribution in [-0.4, -0.2) is 23.6 Å². The molecule has 0 unspecified atom stereocenters. The molecule has 0 bridgehead atoms. The van der Waals surface area contributed by atoms with Gasteiger partial charge in [0.05, 0.1) is 5.25 Å². The van der Waals surface area contributed by atoms with Crippen LogP contribution in [0.5, 0.6) is 0 Å². The quantitative estimate of drug-likeness (QED) is 0.633. The Morgan fingerprint density at radius 1 is 1.46 bits per heavy atom. The second-order valence-corrected chi connectivity index (χ2v) is 8.53. The lowest BCUT2D eigenvalue weighted by molar-refractivity contribution is 0.382. The van der Waals surface area contributed by atoms with Gasteiger partial charge in [-0.05, 0) is 26.7 Å². The summed E-state index contributed by atoms with van der Waals surface area (Å²) in [6.45, 7) is 3.99. The van der Waals surface area contributed by atoms with E-state index in [0.29, 0.717) is 6.54 Å². The number of halogens is 1. The molecule has 13 heavy (non-hydrogen) atoms. The van der Waals surface area contributed by atoms with Crippen LogP contribution in [0.4, 0.5) is 0 Å². The van der Waals surface area contributed by atoms with Crippen molar-refractivity contribution in [1.82, 2.24) is 4.72 Å². The fourth-order valence-electron chi connectivity index (χ4n) is 1.13. The Labute approximate surface area is 93.9 Å². The average Bonchev–Trinajstić information content (AvgIpc) is 1.97. The molecule has 1 rings (SSSR count). The van der Waals surface area contributed by atoms with Crippen molar-refractivity contribution in [3.05, 3.63) is 0 Å². The van der Waals surface area contributed by atoms with Gasteiger partial charge in [-0.2, -0.15) is 0 Å². The standard InChI is InChI=1S/C8H16INO2S/c1-7(2)13(11,12)10-6-8(9)4-3-5-8/h7,10H,3-6H2,1-2H3. The molecule has 1 saturated carbocycles. The molecule has 0 aliphatic heterocycles. The molecule has 0 radical (unpaired) electrons. The van der Waals surface area contributed by atoms with Gasteiger partial charge in [-0.3, -0.25) is 0 Å². The van der Waals surface area contributed by atoms with Crippen LogP contribution in [0.1, 0.15) is 33.1 Å². The fourth-order valence-corrected chi connectivity index (χ4v) is 3.16. The third-order valence-corrected chi connectivity index (χ3v) is 5.71. The van der Waals surface area contributed by atoms with Gasteiger partial charge in [-0.1, -0.05) is 29.0 Å². The smallest absolute Gasteiger partial charge is 0.213 e. The van der Waals surface area contributed by atoms with Crippen molar-refractivity contribution in [3.63, 3.8) is 0 Å². The van der Waals surface area contributed by atoms with Crippen molar-refractivity contribution in [2.24, 2.45) is 0 Å². The highest BCUT2D eigenvalue weighted by Gasteiger charge is 2.35. The van der Waals surface area contributed by atoms with Crippen LogP contribution in [0.3, 0.4) is 0 Å². The van der Waals surface area contributed by atoms with Gasteiger partial charge < -0.3 is 0 Å². The molecule has 1 aliphatic rings. The summed E-state index contributed by atoms with van der Waals surface area (Å²) in [5.41, 5.74) is 0. The molecular weight excluding hydrogens is 301 g/mol. The van der Waals surface area contributed by atoms with Gasteiger partial charge in [0, 0.05) is 9.97 Å². The molecule has 0 spiro atoms. The first-order chi connectivity index (χ1) is 5.86. The molecule has 0 atom stereocenters. The predicted octanol–water partition coefficient (Wildman–Crippen LogP) is 1.67. The highest BCUT2D eigenvalue weighted by Crippen LogP contribution is 2.40. The molecule has 1 N–H and O–H groups in total. The molecule has 0 aromatic heterocycles. The van der Waals surface area contributed by atoms with Crippen LogP contribution < -0.4 is 4.72 Å². The van der Waals surface area contributed by atoms with E-state index in [2.05, 4.69) is 27.3 Å². The maximum Gasteiger partial charge on any atom is 0.213 e. The highest BCUT2D eigenvalue weighted by atomic mass is 127. The number of alkyl halides is 1. The molecule has 1 aliphatic carbocycles. The summed E-state index contributed by atoms with van der Waals surface area (Å²) in [5.74, 6) is 0. The molecule has 0 heterocycles. The van der Waals surface area contributed by atoms with E-state index in [4.69, 9.17) is 0 Å². The monoisotopic (exact) mass is 317 g/mol. The van der Waals surface area contributed by atoms with Crippen LogP contribution in [0, 0.1) is 0 Å². The molecule has 3 nitrogen and oxygen atoms in total. The molecular formula is C8H16INO2S. The molecule has 0 aromatic carbocycles. The zero-order valence-corrected chi connectivity index (χ0v) is 11.0. The maximum absolute atomic E-state index is 11.4. The van der Waals surface area contributed by atoms with E-state index in [0.717, 1.165) is 12.8 Å². The highest BCUT2D eigenvalue weighted by molar-refractivity contribution is 14.1. The van der Waals surface area contributed by atoms with E-state index < -0.39 is 10.0 Å². The summed E-state index contributed by atoms with van der Waals surface area (Å²) in [7, 11) is -3.06. The van der Waals surface area contributed by atoms with Crippen molar-refractivity contribution in [2.45, 2.75) is 41.8 Å². The van der Waals surface area contributed by atoms with Gasteiger partial charge in [0.15, 0.2) is 0 Å². The van der Waals surface area contributed by atoms with Gasteiger partial charge in [0.2, 0.25) is 10.0 Å².